The Morgan fingerprint density at radius 3 is 2.51 bits per heavy atom. The second-order valence-corrected chi connectivity index (χ2v) is 7.41. The zero-order valence-electron chi connectivity index (χ0n) is 18.5. The molecule has 3 rings (SSSR count). The van der Waals surface area contributed by atoms with Crippen molar-refractivity contribution in [1.82, 2.24) is 5.43 Å². The van der Waals surface area contributed by atoms with E-state index in [0.29, 0.717) is 40.5 Å². The third-order valence-electron chi connectivity index (χ3n) is 4.52. The number of anilines is 1. The van der Waals surface area contributed by atoms with Gasteiger partial charge in [0.15, 0.2) is 11.5 Å². The fourth-order valence-electron chi connectivity index (χ4n) is 2.82. The third-order valence-corrected chi connectivity index (χ3v) is 4.88. The molecule has 0 unspecified atom stereocenters. The summed E-state index contributed by atoms with van der Waals surface area (Å²) < 4.78 is 24.6. The van der Waals surface area contributed by atoms with Gasteiger partial charge >= 0.3 is 11.8 Å². The van der Waals surface area contributed by atoms with Crippen molar-refractivity contribution in [3.05, 3.63) is 88.2 Å². The first-order valence-corrected chi connectivity index (χ1v) is 10.8. The van der Waals surface area contributed by atoms with Crippen LogP contribution < -0.4 is 20.2 Å². The minimum atomic E-state index is -0.966. The topological polar surface area (TPSA) is 113 Å². The van der Waals surface area contributed by atoms with Gasteiger partial charge < -0.3 is 14.8 Å². The highest BCUT2D eigenvalue weighted by Crippen LogP contribution is 2.29. The van der Waals surface area contributed by atoms with Crippen LogP contribution in [0.15, 0.2) is 65.8 Å². The first kappa shape index (κ1) is 25.2. The number of halogens is 2. The molecule has 0 spiro atoms. The van der Waals surface area contributed by atoms with Crippen molar-refractivity contribution >= 4 is 35.3 Å². The molecule has 10 heteroatoms. The van der Waals surface area contributed by atoms with Crippen LogP contribution in [0.3, 0.4) is 0 Å². The van der Waals surface area contributed by atoms with Crippen LogP contribution >= 0.6 is 11.6 Å². The van der Waals surface area contributed by atoms with Crippen molar-refractivity contribution in [2.45, 2.75) is 13.5 Å². The van der Waals surface area contributed by atoms with E-state index >= 15 is 0 Å². The summed E-state index contributed by atoms with van der Waals surface area (Å²) in [7, 11) is 0. The zero-order chi connectivity index (χ0) is 25.2. The number of benzene rings is 3. The molecule has 3 aromatic carbocycles. The molecule has 2 N–H and O–H groups in total. The normalized spacial score (nSPS) is 10.5. The molecule has 178 valence electrons. The number of carbonyl (C=O) groups is 2. The number of amides is 2. The minimum Gasteiger partial charge on any atom is -0.490 e. The van der Waals surface area contributed by atoms with Crippen molar-refractivity contribution < 1.29 is 23.5 Å². The summed E-state index contributed by atoms with van der Waals surface area (Å²) in [6, 6.07) is 17.0. The number of hydrogen-bond acceptors (Lipinski definition) is 6. The van der Waals surface area contributed by atoms with Crippen molar-refractivity contribution in [2.75, 3.05) is 11.9 Å². The van der Waals surface area contributed by atoms with Crippen LogP contribution in [0.5, 0.6) is 11.5 Å². The van der Waals surface area contributed by atoms with Gasteiger partial charge in [-0.25, -0.2) is 9.82 Å². The maximum Gasteiger partial charge on any atom is 0.329 e. The van der Waals surface area contributed by atoms with Gasteiger partial charge in [0.05, 0.1) is 29.5 Å². The van der Waals surface area contributed by atoms with E-state index in [0.717, 1.165) is 0 Å². The van der Waals surface area contributed by atoms with Gasteiger partial charge in [-0.15, -0.1) is 0 Å². The molecule has 0 aliphatic rings. The molecule has 0 bridgehead atoms. The Morgan fingerprint density at radius 1 is 1.06 bits per heavy atom. The average molecular weight is 495 g/mol. The lowest BCUT2D eigenvalue weighted by Gasteiger charge is -2.13. The minimum absolute atomic E-state index is 0.108. The number of nitrogens with one attached hydrogen (secondary N) is 2. The van der Waals surface area contributed by atoms with Crippen molar-refractivity contribution in [2.24, 2.45) is 5.10 Å². The number of ether oxygens (including phenoxy) is 2. The van der Waals surface area contributed by atoms with Crippen molar-refractivity contribution in [3.8, 4) is 17.6 Å². The Labute approximate surface area is 205 Å². The highest BCUT2D eigenvalue weighted by atomic mass is 35.5. The molecule has 0 saturated heterocycles. The maximum atomic E-state index is 13.2. The highest BCUT2D eigenvalue weighted by molar-refractivity contribution is 6.39. The smallest absolute Gasteiger partial charge is 0.329 e. The Hall–Kier alpha value is -4.42. The van der Waals surface area contributed by atoms with Crippen LogP contribution in [0.4, 0.5) is 10.1 Å². The van der Waals surface area contributed by atoms with Crippen LogP contribution in [-0.4, -0.2) is 24.6 Å². The molecule has 0 saturated carbocycles. The van der Waals surface area contributed by atoms with Crippen LogP contribution in [0.25, 0.3) is 0 Å². The lowest BCUT2D eigenvalue weighted by molar-refractivity contribution is -0.136. The predicted octanol–water partition coefficient (Wildman–Crippen LogP) is 4.42. The van der Waals surface area contributed by atoms with E-state index in [2.05, 4.69) is 15.8 Å². The van der Waals surface area contributed by atoms with Crippen molar-refractivity contribution in [1.29, 1.82) is 5.26 Å². The van der Waals surface area contributed by atoms with Gasteiger partial charge in [0.1, 0.15) is 12.4 Å². The molecule has 8 nitrogen and oxygen atoms in total. The second kappa shape index (κ2) is 12.2. The molecule has 3 aromatic rings. The van der Waals surface area contributed by atoms with Crippen LogP contribution in [-0.2, 0) is 16.2 Å². The van der Waals surface area contributed by atoms with Crippen LogP contribution in [0.1, 0.15) is 23.6 Å². The van der Waals surface area contributed by atoms with Gasteiger partial charge in [-0.05, 0) is 67.1 Å². The number of carbonyl (C=O) groups excluding carboxylic acids is 2. The molecule has 2 amide bonds. The van der Waals surface area contributed by atoms with Crippen LogP contribution in [0, 0.1) is 17.1 Å². The van der Waals surface area contributed by atoms with E-state index in [4.69, 9.17) is 26.3 Å². The summed E-state index contributed by atoms with van der Waals surface area (Å²) in [6.07, 6.45) is 1.34. The molecule has 0 aromatic heterocycles. The predicted molar refractivity (Wildman–Crippen MR) is 129 cm³/mol. The fourth-order valence-corrected chi connectivity index (χ4v) is 3.04. The number of hydrazone groups is 1. The molecule has 0 atom stereocenters. The number of nitrogens with zero attached hydrogens (tertiary/aromatic N) is 2. The molecule has 0 aliphatic heterocycles. The molecule has 0 radical (unpaired) electrons. The number of rotatable bonds is 8. The van der Waals surface area contributed by atoms with E-state index in [-0.39, 0.29) is 11.6 Å². The van der Waals surface area contributed by atoms with E-state index < -0.39 is 17.6 Å². The second-order valence-electron chi connectivity index (χ2n) is 7.01. The molecular formula is C25H20ClFN4O4. The molecule has 0 fully saturated rings. The Balaban J connectivity index is 1.60. The summed E-state index contributed by atoms with van der Waals surface area (Å²) in [4.78, 5) is 24.0. The Bertz CT molecular complexity index is 1290. The summed E-state index contributed by atoms with van der Waals surface area (Å²) in [6.45, 7) is 2.30. The zero-order valence-corrected chi connectivity index (χ0v) is 19.3. The van der Waals surface area contributed by atoms with Gasteiger partial charge in [0.2, 0.25) is 0 Å². The summed E-state index contributed by atoms with van der Waals surface area (Å²) in [5.74, 6) is -1.44. The lowest BCUT2D eigenvalue weighted by Crippen LogP contribution is -2.32. The monoisotopic (exact) mass is 494 g/mol. The quantitative estimate of drug-likeness (QED) is 0.273. The van der Waals surface area contributed by atoms with E-state index in [1.165, 1.54) is 42.6 Å². The van der Waals surface area contributed by atoms with E-state index in [1.54, 1.807) is 24.3 Å². The molecule has 0 aliphatic carbocycles. The average Bonchev–Trinajstić information content (AvgIpc) is 2.85. The van der Waals surface area contributed by atoms with Gasteiger partial charge in [-0.1, -0.05) is 17.7 Å². The first-order valence-electron chi connectivity index (χ1n) is 10.4. The van der Waals surface area contributed by atoms with Crippen molar-refractivity contribution in [3.63, 3.8) is 0 Å². The summed E-state index contributed by atoms with van der Waals surface area (Å²) in [5.41, 5.74) is 4.13. The van der Waals surface area contributed by atoms with Gasteiger partial charge in [0, 0.05) is 11.3 Å². The first-order chi connectivity index (χ1) is 16.9. The molecule has 35 heavy (non-hydrogen) atoms. The largest absolute Gasteiger partial charge is 0.490 e. The molecule has 0 heterocycles. The summed E-state index contributed by atoms with van der Waals surface area (Å²) >= 11 is 6.04. The lowest BCUT2D eigenvalue weighted by atomic mass is 10.2. The van der Waals surface area contributed by atoms with E-state index in [1.807, 2.05) is 13.0 Å². The maximum absolute atomic E-state index is 13.2. The SMILES string of the molecule is CCOc1cc(/C=N/NC(=O)C(=O)Nc2ccc(C#N)cc2)ccc1OCc1ccc(F)cc1Cl. The molecular weight excluding hydrogens is 475 g/mol. The standard InChI is InChI=1S/C25H20ClFN4O4/c1-2-34-23-11-17(5-10-22(23)35-15-18-6-7-19(27)12-21(18)26)14-29-31-25(33)24(32)30-20-8-3-16(13-28)4-9-20/h3-12,14H,2,15H2,1H3,(H,30,32)(H,31,33)/b29-14+. The number of hydrogen-bond donors (Lipinski definition) is 2. The Morgan fingerprint density at radius 2 is 1.83 bits per heavy atom. The van der Waals surface area contributed by atoms with Crippen LogP contribution in [0.2, 0.25) is 5.02 Å². The van der Waals surface area contributed by atoms with Gasteiger partial charge in [0.25, 0.3) is 0 Å². The van der Waals surface area contributed by atoms with E-state index in [9.17, 15) is 14.0 Å². The highest BCUT2D eigenvalue weighted by Gasteiger charge is 2.13. The fraction of sp³-hybridized carbons (Fsp3) is 0.120. The number of nitriles is 1. The van der Waals surface area contributed by atoms with Gasteiger partial charge in [-0.3, -0.25) is 9.59 Å². The Kier molecular flexibility index (Phi) is 8.76. The summed E-state index contributed by atoms with van der Waals surface area (Å²) in [5, 5.41) is 15.3. The van der Waals surface area contributed by atoms with Gasteiger partial charge in [-0.2, -0.15) is 10.4 Å². The third kappa shape index (κ3) is 7.28.